The van der Waals surface area contributed by atoms with Crippen LogP contribution in [0.2, 0.25) is 0 Å². The topological polar surface area (TPSA) is 46.0 Å². The zero-order chi connectivity index (χ0) is 13.2. The van der Waals surface area contributed by atoms with Gasteiger partial charge in [-0.2, -0.15) is 0 Å². The third kappa shape index (κ3) is 2.29. The molecular weight excluding hydrogens is 226 g/mol. The Morgan fingerprint density at radius 2 is 2.06 bits per heavy atom. The van der Waals surface area contributed by atoms with Crippen LogP contribution in [0.15, 0.2) is 6.20 Å². The summed E-state index contributed by atoms with van der Waals surface area (Å²) in [6, 6.07) is 0.255. The van der Waals surface area contributed by atoms with E-state index >= 15 is 0 Å². The molecule has 1 aliphatic heterocycles. The van der Waals surface area contributed by atoms with E-state index in [1.807, 2.05) is 17.9 Å². The first-order chi connectivity index (χ1) is 8.61. The van der Waals surface area contributed by atoms with Gasteiger partial charge >= 0.3 is 0 Å². The first kappa shape index (κ1) is 13.5. The summed E-state index contributed by atoms with van der Waals surface area (Å²) in [7, 11) is 2.02. The van der Waals surface area contributed by atoms with Crippen molar-refractivity contribution in [2.24, 2.45) is 0 Å². The van der Waals surface area contributed by atoms with Crippen LogP contribution in [0, 0.1) is 0 Å². The fraction of sp³-hybridized carbons (Fsp3) is 0.846. The van der Waals surface area contributed by atoms with Crippen LogP contribution in [-0.2, 0) is 6.54 Å². The Morgan fingerprint density at radius 3 is 2.61 bits per heavy atom. The van der Waals surface area contributed by atoms with E-state index in [0.29, 0.717) is 0 Å². The van der Waals surface area contributed by atoms with Gasteiger partial charge in [0.2, 0.25) is 0 Å². The third-order valence-corrected chi connectivity index (χ3v) is 4.16. The molecule has 2 heterocycles. The van der Waals surface area contributed by atoms with Crippen LogP contribution in [0.25, 0.3) is 0 Å². The summed E-state index contributed by atoms with van der Waals surface area (Å²) in [5, 5.41) is 11.7. The molecule has 2 rings (SSSR count). The first-order valence-corrected chi connectivity index (χ1v) is 6.92. The van der Waals surface area contributed by atoms with Crippen molar-refractivity contribution in [1.29, 1.82) is 0 Å². The maximum atomic E-state index is 4.15. The lowest BCUT2D eigenvalue weighted by Crippen LogP contribution is -2.51. The molecule has 0 aromatic carbocycles. The predicted octanol–water partition coefficient (Wildman–Crippen LogP) is 1.43. The number of aryl methyl sites for hydroxylation is 1. The summed E-state index contributed by atoms with van der Waals surface area (Å²) in [5.41, 5.74) is 1.26. The van der Waals surface area contributed by atoms with E-state index in [0.717, 1.165) is 6.54 Å². The molecule has 1 aliphatic rings. The number of likely N-dealkylation sites (tertiary alicyclic amines) is 1. The Hall–Kier alpha value is -0.940. The van der Waals surface area contributed by atoms with Crippen molar-refractivity contribution in [3.05, 3.63) is 11.9 Å². The molecule has 5 heteroatoms. The number of likely N-dealkylation sites (N-methyl/N-ethyl adjacent to an activating group) is 1. The molecule has 18 heavy (non-hydrogen) atoms. The normalized spacial score (nSPS) is 19.3. The van der Waals surface area contributed by atoms with Gasteiger partial charge in [0.05, 0.1) is 17.9 Å². The van der Waals surface area contributed by atoms with Gasteiger partial charge in [0, 0.05) is 12.1 Å². The number of nitrogens with one attached hydrogen (secondary N) is 1. The molecule has 1 saturated heterocycles. The van der Waals surface area contributed by atoms with Gasteiger partial charge in [-0.05, 0) is 53.8 Å². The molecule has 0 bridgehead atoms. The Morgan fingerprint density at radius 1 is 1.39 bits per heavy atom. The van der Waals surface area contributed by atoms with Crippen LogP contribution in [0.4, 0.5) is 0 Å². The number of hydrogen-bond acceptors (Lipinski definition) is 4. The average molecular weight is 251 g/mol. The Labute approximate surface area is 110 Å². The van der Waals surface area contributed by atoms with E-state index in [2.05, 4.69) is 41.3 Å². The van der Waals surface area contributed by atoms with Crippen LogP contribution >= 0.6 is 0 Å². The molecule has 102 valence electrons. The van der Waals surface area contributed by atoms with Crippen molar-refractivity contribution < 1.29 is 0 Å². The standard InChI is InChI=1S/C13H25N5/c1-5-18-11(10-15-16-18)12(14-4)13(2,3)17-8-6-7-9-17/h10,12,14H,5-9H2,1-4H3. The number of aromatic nitrogens is 3. The summed E-state index contributed by atoms with van der Waals surface area (Å²) in [6.07, 6.45) is 4.51. The van der Waals surface area contributed by atoms with Crippen molar-refractivity contribution in [3.8, 4) is 0 Å². The number of nitrogens with zero attached hydrogens (tertiary/aromatic N) is 4. The minimum absolute atomic E-state index is 0.0832. The van der Waals surface area contributed by atoms with Gasteiger partial charge in [-0.1, -0.05) is 5.21 Å². The molecule has 0 aliphatic carbocycles. The molecular formula is C13H25N5. The maximum Gasteiger partial charge on any atom is 0.0775 e. The zero-order valence-electron chi connectivity index (χ0n) is 12.0. The van der Waals surface area contributed by atoms with Gasteiger partial charge in [-0.25, -0.2) is 4.68 Å². The summed E-state index contributed by atoms with van der Waals surface area (Å²) in [5.74, 6) is 0. The summed E-state index contributed by atoms with van der Waals surface area (Å²) >= 11 is 0. The first-order valence-electron chi connectivity index (χ1n) is 6.92. The van der Waals surface area contributed by atoms with E-state index in [1.165, 1.54) is 31.6 Å². The van der Waals surface area contributed by atoms with E-state index in [1.54, 1.807) is 0 Å². The lowest BCUT2D eigenvalue weighted by atomic mass is 9.90. The quantitative estimate of drug-likeness (QED) is 0.860. The molecule has 1 N–H and O–H groups in total. The van der Waals surface area contributed by atoms with Crippen LogP contribution in [0.5, 0.6) is 0 Å². The molecule has 1 aromatic heterocycles. The van der Waals surface area contributed by atoms with Crippen molar-refractivity contribution in [3.63, 3.8) is 0 Å². The van der Waals surface area contributed by atoms with Gasteiger partial charge in [0.25, 0.3) is 0 Å². The molecule has 1 fully saturated rings. The second kappa shape index (κ2) is 5.36. The maximum absolute atomic E-state index is 4.15. The fourth-order valence-electron chi connectivity index (χ4n) is 3.07. The lowest BCUT2D eigenvalue weighted by Gasteiger charge is -2.41. The minimum Gasteiger partial charge on any atom is -0.310 e. The Kier molecular flexibility index (Phi) is 4.02. The SMILES string of the molecule is CCn1nncc1C(NC)C(C)(C)N1CCCC1. The third-order valence-electron chi connectivity index (χ3n) is 4.16. The van der Waals surface area contributed by atoms with Crippen LogP contribution in [-0.4, -0.2) is 45.6 Å². The number of rotatable bonds is 5. The lowest BCUT2D eigenvalue weighted by molar-refractivity contribution is 0.106. The molecule has 0 amide bonds. The van der Waals surface area contributed by atoms with E-state index in [-0.39, 0.29) is 11.6 Å². The zero-order valence-corrected chi connectivity index (χ0v) is 12.0. The van der Waals surface area contributed by atoms with Gasteiger partial charge < -0.3 is 5.32 Å². The second-order valence-corrected chi connectivity index (χ2v) is 5.54. The minimum atomic E-state index is 0.0832. The van der Waals surface area contributed by atoms with E-state index in [9.17, 15) is 0 Å². The second-order valence-electron chi connectivity index (χ2n) is 5.54. The highest BCUT2D eigenvalue weighted by Crippen LogP contribution is 2.32. The van der Waals surface area contributed by atoms with E-state index in [4.69, 9.17) is 0 Å². The Bertz CT molecular complexity index is 378. The fourth-order valence-corrected chi connectivity index (χ4v) is 3.07. The number of hydrogen-bond donors (Lipinski definition) is 1. The predicted molar refractivity (Wildman–Crippen MR) is 72.4 cm³/mol. The van der Waals surface area contributed by atoms with Gasteiger partial charge in [0.15, 0.2) is 0 Å². The molecule has 0 saturated carbocycles. The van der Waals surface area contributed by atoms with Crippen molar-refractivity contribution >= 4 is 0 Å². The van der Waals surface area contributed by atoms with Gasteiger partial charge in [0.1, 0.15) is 0 Å². The van der Waals surface area contributed by atoms with Gasteiger partial charge in [-0.3, -0.25) is 4.90 Å². The Balaban J connectivity index is 2.26. The largest absolute Gasteiger partial charge is 0.310 e. The summed E-state index contributed by atoms with van der Waals surface area (Å²) in [4.78, 5) is 2.57. The monoisotopic (exact) mass is 251 g/mol. The van der Waals surface area contributed by atoms with Crippen molar-refractivity contribution in [2.75, 3.05) is 20.1 Å². The highest BCUT2D eigenvalue weighted by atomic mass is 15.4. The molecule has 1 aromatic rings. The molecule has 1 atom stereocenters. The highest BCUT2D eigenvalue weighted by Gasteiger charge is 2.38. The van der Waals surface area contributed by atoms with E-state index < -0.39 is 0 Å². The molecule has 0 spiro atoms. The smallest absolute Gasteiger partial charge is 0.0775 e. The molecule has 1 unspecified atom stereocenters. The summed E-state index contributed by atoms with van der Waals surface area (Å²) < 4.78 is 1.99. The van der Waals surface area contributed by atoms with Crippen LogP contribution < -0.4 is 5.32 Å². The molecule has 5 nitrogen and oxygen atoms in total. The average Bonchev–Trinajstić information content (AvgIpc) is 3.00. The van der Waals surface area contributed by atoms with Crippen LogP contribution in [0.3, 0.4) is 0 Å². The van der Waals surface area contributed by atoms with Gasteiger partial charge in [-0.15, -0.1) is 5.10 Å². The molecule has 0 radical (unpaired) electrons. The highest BCUT2D eigenvalue weighted by molar-refractivity contribution is 5.11. The van der Waals surface area contributed by atoms with Crippen LogP contribution in [0.1, 0.15) is 45.3 Å². The van der Waals surface area contributed by atoms with Crippen molar-refractivity contribution in [1.82, 2.24) is 25.2 Å². The van der Waals surface area contributed by atoms with Crippen molar-refractivity contribution in [2.45, 2.75) is 51.7 Å². The summed E-state index contributed by atoms with van der Waals surface area (Å²) in [6.45, 7) is 9.98.